The minimum atomic E-state index is -1.15. The van der Waals surface area contributed by atoms with Gasteiger partial charge in [0.05, 0.1) is 32.6 Å². The molecule has 8 rings (SSSR count). The van der Waals surface area contributed by atoms with Crippen LogP contribution in [0.3, 0.4) is 0 Å². The van der Waals surface area contributed by atoms with Gasteiger partial charge in [-0.15, -0.1) is 10.2 Å². The molecule has 2 heterocycles. The van der Waals surface area contributed by atoms with Gasteiger partial charge in [-0.1, -0.05) is 84.9 Å². The van der Waals surface area contributed by atoms with Crippen molar-refractivity contribution in [2.24, 2.45) is 0 Å². The van der Waals surface area contributed by atoms with Crippen molar-refractivity contribution in [3.05, 3.63) is 140 Å². The summed E-state index contributed by atoms with van der Waals surface area (Å²) in [5, 5.41) is 10.9. The fraction of sp³-hybridized carbons (Fsp3) is 0.0500. The molecule has 0 spiro atoms. The summed E-state index contributed by atoms with van der Waals surface area (Å²) in [5.41, 5.74) is 8.39. The molecule has 8 heteroatoms. The largest absolute Gasteiger partial charge is 0.416 e. The van der Waals surface area contributed by atoms with Crippen LogP contribution in [0.1, 0.15) is 0 Å². The molecule has 48 heavy (non-hydrogen) atoms. The Balaban J connectivity index is 1.36. The lowest BCUT2D eigenvalue weighted by atomic mass is 10.0. The van der Waals surface area contributed by atoms with Gasteiger partial charge in [0.25, 0.3) is 0 Å². The number of fused-ring (bicyclic) bond motifs is 3. The molecule has 0 N–H and O–H groups in total. The molecule has 0 aliphatic rings. The van der Waals surface area contributed by atoms with Crippen molar-refractivity contribution in [3.63, 3.8) is 0 Å². The highest BCUT2D eigenvalue weighted by Gasteiger charge is 2.19. The summed E-state index contributed by atoms with van der Waals surface area (Å²) in [5.74, 6) is 0.887. The number of aromatic nitrogens is 3. The third kappa shape index (κ3) is 5.29. The van der Waals surface area contributed by atoms with Crippen LogP contribution < -0.4 is 0 Å². The van der Waals surface area contributed by atoms with Gasteiger partial charge in [-0.3, -0.25) is 8.42 Å². The predicted octanol–water partition coefficient (Wildman–Crippen LogP) is 9.31. The summed E-state index contributed by atoms with van der Waals surface area (Å²) in [6.45, 7) is 0. The number of nitrogens with zero attached hydrogens (tertiary/aromatic N) is 3. The van der Waals surface area contributed by atoms with E-state index in [9.17, 15) is 8.42 Å². The maximum Gasteiger partial charge on any atom is 0.248 e. The molecule has 0 aliphatic heterocycles. The van der Waals surface area contributed by atoms with E-state index in [0.29, 0.717) is 11.8 Å². The van der Waals surface area contributed by atoms with Gasteiger partial charge in [-0.05, 0) is 76.9 Å². The number of hydrogen-bond donors (Lipinski definition) is 0. The molecule has 0 saturated heterocycles. The van der Waals surface area contributed by atoms with Gasteiger partial charge >= 0.3 is 0 Å². The normalized spacial score (nSPS) is 12.8. The van der Waals surface area contributed by atoms with E-state index in [1.54, 1.807) is 12.5 Å². The second-order valence-electron chi connectivity index (χ2n) is 11.5. The molecule has 0 saturated carbocycles. The Bertz CT molecular complexity index is 2420. The molecule has 0 bridgehead atoms. The zero-order chi connectivity index (χ0) is 32.8. The summed E-state index contributed by atoms with van der Waals surface area (Å²) >= 11 is 0. The van der Waals surface area contributed by atoms with Crippen molar-refractivity contribution in [1.29, 1.82) is 0 Å². The lowest BCUT2D eigenvalue weighted by molar-refractivity contribution is 0.584. The molecule has 0 radical (unpaired) electrons. The standard InChI is InChI=1S/C40H29N3O3S2/c1-47(44)37-17-8-6-15-31(37)27-19-21-33-34-22-20-28(32-16-7-9-18-38(32)48(2)45)25-36(34)43(35(33)24-27)30-14-10-13-29(23-30)40-42-41-39(46-40)26-11-4-3-5-12-26/h3-25H,1-2H3. The Morgan fingerprint density at radius 1 is 0.500 bits per heavy atom. The highest BCUT2D eigenvalue weighted by atomic mass is 32.2. The fourth-order valence-electron chi connectivity index (χ4n) is 6.36. The van der Waals surface area contributed by atoms with Crippen LogP contribution in [0.4, 0.5) is 0 Å². The Labute approximate surface area is 282 Å². The molecule has 2 atom stereocenters. The van der Waals surface area contributed by atoms with E-state index < -0.39 is 21.6 Å². The van der Waals surface area contributed by atoms with E-state index in [-0.39, 0.29) is 0 Å². The average molecular weight is 664 g/mol. The maximum absolute atomic E-state index is 12.7. The van der Waals surface area contributed by atoms with E-state index in [0.717, 1.165) is 70.7 Å². The first-order chi connectivity index (χ1) is 23.5. The van der Waals surface area contributed by atoms with Gasteiger partial charge in [0.2, 0.25) is 11.8 Å². The monoisotopic (exact) mass is 663 g/mol. The van der Waals surface area contributed by atoms with Crippen LogP contribution in [-0.2, 0) is 21.6 Å². The van der Waals surface area contributed by atoms with E-state index in [1.165, 1.54) is 0 Å². The molecule has 8 aromatic rings. The summed E-state index contributed by atoms with van der Waals surface area (Å²) in [7, 11) is -2.31. The van der Waals surface area contributed by atoms with Crippen LogP contribution >= 0.6 is 0 Å². The molecule has 234 valence electrons. The molecule has 6 nitrogen and oxygen atoms in total. The fourth-order valence-corrected chi connectivity index (χ4v) is 7.89. The number of hydrogen-bond acceptors (Lipinski definition) is 5. The second kappa shape index (κ2) is 12.3. The molecule has 2 aromatic heterocycles. The first kappa shape index (κ1) is 29.9. The first-order valence-corrected chi connectivity index (χ1v) is 18.5. The molecule has 0 aliphatic carbocycles. The summed E-state index contributed by atoms with van der Waals surface area (Å²) in [4.78, 5) is 1.58. The van der Waals surface area contributed by atoms with Crippen LogP contribution in [0.2, 0.25) is 0 Å². The minimum Gasteiger partial charge on any atom is -0.416 e. The van der Waals surface area contributed by atoms with Crippen LogP contribution in [-0.4, -0.2) is 35.7 Å². The zero-order valence-electron chi connectivity index (χ0n) is 26.2. The van der Waals surface area contributed by atoms with Crippen molar-refractivity contribution in [1.82, 2.24) is 14.8 Å². The third-order valence-electron chi connectivity index (χ3n) is 8.58. The van der Waals surface area contributed by atoms with Crippen LogP contribution in [0.15, 0.2) is 154 Å². The van der Waals surface area contributed by atoms with E-state index in [1.807, 2.05) is 91.0 Å². The lowest BCUT2D eigenvalue weighted by Crippen LogP contribution is -1.96. The Kier molecular flexibility index (Phi) is 7.67. The van der Waals surface area contributed by atoms with E-state index in [2.05, 4.69) is 63.3 Å². The Morgan fingerprint density at radius 2 is 1.00 bits per heavy atom. The van der Waals surface area contributed by atoms with Crippen molar-refractivity contribution in [3.8, 4) is 50.8 Å². The molecular weight excluding hydrogens is 635 g/mol. The Hall–Kier alpha value is -5.44. The highest BCUT2D eigenvalue weighted by Crippen LogP contribution is 2.39. The summed E-state index contributed by atoms with van der Waals surface area (Å²) in [6.07, 6.45) is 3.42. The number of benzene rings is 6. The van der Waals surface area contributed by atoms with Gasteiger partial charge in [-0.2, -0.15) is 0 Å². The Morgan fingerprint density at radius 3 is 1.56 bits per heavy atom. The quantitative estimate of drug-likeness (QED) is 0.170. The van der Waals surface area contributed by atoms with E-state index >= 15 is 0 Å². The minimum absolute atomic E-state index is 0.427. The van der Waals surface area contributed by atoms with Gasteiger partial charge < -0.3 is 8.98 Å². The lowest BCUT2D eigenvalue weighted by Gasteiger charge is -2.12. The zero-order valence-corrected chi connectivity index (χ0v) is 27.8. The van der Waals surface area contributed by atoms with Gasteiger partial charge in [0.15, 0.2) is 0 Å². The smallest absolute Gasteiger partial charge is 0.248 e. The summed E-state index contributed by atoms with van der Waals surface area (Å²) < 4.78 is 33.8. The molecule has 6 aromatic carbocycles. The third-order valence-corrected chi connectivity index (χ3v) is 10.5. The van der Waals surface area contributed by atoms with E-state index in [4.69, 9.17) is 4.42 Å². The molecule has 2 unspecified atom stereocenters. The first-order valence-electron chi connectivity index (χ1n) is 15.4. The average Bonchev–Trinajstić information content (AvgIpc) is 3.75. The predicted molar refractivity (Wildman–Crippen MR) is 195 cm³/mol. The highest BCUT2D eigenvalue weighted by molar-refractivity contribution is 7.84. The number of rotatable bonds is 7. The van der Waals surface area contributed by atoms with Crippen molar-refractivity contribution < 1.29 is 12.8 Å². The van der Waals surface area contributed by atoms with Gasteiger partial charge in [-0.25, -0.2) is 0 Å². The van der Waals surface area contributed by atoms with Gasteiger partial charge in [0, 0.05) is 49.9 Å². The van der Waals surface area contributed by atoms with Crippen LogP contribution in [0, 0.1) is 0 Å². The summed E-state index contributed by atoms with van der Waals surface area (Å²) in [6, 6.07) is 46.3. The molecule has 0 fully saturated rings. The van der Waals surface area contributed by atoms with Crippen molar-refractivity contribution >= 4 is 43.4 Å². The van der Waals surface area contributed by atoms with Crippen molar-refractivity contribution in [2.45, 2.75) is 9.79 Å². The topological polar surface area (TPSA) is 78.0 Å². The molecule has 0 amide bonds. The second-order valence-corrected chi connectivity index (χ2v) is 14.2. The molecular formula is C40H29N3O3S2. The van der Waals surface area contributed by atoms with Crippen LogP contribution in [0.25, 0.3) is 72.7 Å². The maximum atomic E-state index is 12.7. The SMILES string of the molecule is CS(=O)c1ccccc1-c1ccc2c3ccc(-c4ccccc4S(C)=O)cc3n(-c3cccc(-c4nnc(-c5ccccc5)o4)c3)c2c1. The van der Waals surface area contributed by atoms with Gasteiger partial charge in [0.1, 0.15) is 0 Å². The van der Waals surface area contributed by atoms with Crippen molar-refractivity contribution in [2.75, 3.05) is 12.5 Å². The van der Waals surface area contributed by atoms with Crippen LogP contribution in [0.5, 0.6) is 0 Å².